The van der Waals surface area contributed by atoms with E-state index in [1.165, 1.54) is 0 Å². The first-order valence-corrected chi connectivity index (χ1v) is 9.13. The maximum atomic E-state index is 12.3. The summed E-state index contributed by atoms with van der Waals surface area (Å²) in [5.74, 6) is -1.55. The van der Waals surface area contributed by atoms with Crippen molar-refractivity contribution in [3.05, 3.63) is 59.3 Å². The lowest BCUT2D eigenvalue weighted by Gasteiger charge is -2.09. The van der Waals surface area contributed by atoms with Crippen molar-refractivity contribution in [1.29, 1.82) is 0 Å². The normalized spacial score (nSPS) is 15.9. The predicted octanol–water partition coefficient (Wildman–Crippen LogP) is 2.71. The molecule has 0 saturated carbocycles. The number of aromatic nitrogens is 3. The van der Waals surface area contributed by atoms with Crippen LogP contribution in [0.2, 0.25) is 0 Å². The fourth-order valence-electron chi connectivity index (χ4n) is 2.77. The number of hydrogen-bond acceptors (Lipinski definition) is 6. The molecule has 0 aliphatic carbocycles. The lowest BCUT2D eigenvalue weighted by Crippen LogP contribution is -2.33. The van der Waals surface area contributed by atoms with Gasteiger partial charge in [0, 0.05) is 5.39 Å². The molecule has 134 valence electrons. The standard InChI is InChI=1S/C18H12N4O3S2/c23-16(24)10-21-17(25)15(27-18(21)26)8-12-9-22(20-19-12)14-7-3-5-11-4-1-2-6-13(11)14/h1-9H,10H2,(H,23,24)/b15-8-. The summed E-state index contributed by atoms with van der Waals surface area (Å²) in [6.45, 7) is -0.454. The number of fused-ring (bicyclic) bond motifs is 1. The zero-order valence-electron chi connectivity index (χ0n) is 13.8. The number of benzene rings is 2. The molecule has 3 aromatic rings. The Morgan fingerprint density at radius 3 is 2.81 bits per heavy atom. The molecular weight excluding hydrogens is 384 g/mol. The van der Waals surface area contributed by atoms with Crippen molar-refractivity contribution in [1.82, 2.24) is 19.9 Å². The van der Waals surface area contributed by atoms with E-state index < -0.39 is 18.4 Å². The van der Waals surface area contributed by atoms with Crippen molar-refractivity contribution in [3.63, 3.8) is 0 Å². The van der Waals surface area contributed by atoms with Crippen LogP contribution in [0.1, 0.15) is 5.69 Å². The molecule has 27 heavy (non-hydrogen) atoms. The number of aliphatic carboxylic acids is 1. The van der Waals surface area contributed by atoms with E-state index in [9.17, 15) is 9.59 Å². The van der Waals surface area contributed by atoms with Crippen molar-refractivity contribution < 1.29 is 14.7 Å². The molecule has 1 aliphatic rings. The van der Waals surface area contributed by atoms with Gasteiger partial charge in [-0.2, -0.15) is 0 Å². The Morgan fingerprint density at radius 1 is 1.22 bits per heavy atom. The average molecular weight is 396 g/mol. The highest BCUT2D eigenvalue weighted by atomic mass is 32.2. The summed E-state index contributed by atoms with van der Waals surface area (Å²) < 4.78 is 1.86. The van der Waals surface area contributed by atoms with Crippen LogP contribution in [0.3, 0.4) is 0 Å². The van der Waals surface area contributed by atoms with E-state index >= 15 is 0 Å². The molecule has 0 spiro atoms. The second-order valence-electron chi connectivity index (χ2n) is 5.75. The zero-order valence-corrected chi connectivity index (χ0v) is 15.4. The van der Waals surface area contributed by atoms with Crippen LogP contribution in [-0.4, -0.2) is 47.7 Å². The van der Waals surface area contributed by atoms with Crippen LogP contribution in [0.25, 0.3) is 22.5 Å². The van der Waals surface area contributed by atoms with E-state index in [-0.39, 0.29) is 4.32 Å². The predicted molar refractivity (Wildman–Crippen MR) is 106 cm³/mol. The van der Waals surface area contributed by atoms with Crippen molar-refractivity contribution in [3.8, 4) is 5.69 Å². The Hall–Kier alpha value is -3.04. The number of thiocarbonyl (C=S) groups is 1. The highest BCUT2D eigenvalue weighted by Crippen LogP contribution is 2.32. The maximum Gasteiger partial charge on any atom is 0.323 e. The van der Waals surface area contributed by atoms with Gasteiger partial charge in [0.25, 0.3) is 5.91 Å². The molecule has 1 aromatic heterocycles. The first-order valence-electron chi connectivity index (χ1n) is 7.90. The third-order valence-corrected chi connectivity index (χ3v) is 5.35. The third kappa shape index (κ3) is 3.34. The summed E-state index contributed by atoms with van der Waals surface area (Å²) in [5, 5.41) is 19.3. The van der Waals surface area contributed by atoms with Gasteiger partial charge in [-0.05, 0) is 17.5 Å². The summed E-state index contributed by atoms with van der Waals surface area (Å²) in [7, 11) is 0. The molecule has 0 bridgehead atoms. The Bertz CT molecular complexity index is 1120. The molecule has 1 amide bonds. The van der Waals surface area contributed by atoms with Gasteiger partial charge in [0.2, 0.25) is 0 Å². The van der Waals surface area contributed by atoms with Gasteiger partial charge in [0.05, 0.1) is 16.8 Å². The van der Waals surface area contributed by atoms with Gasteiger partial charge in [0.15, 0.2) is 0 Å². The van der Waals surface area contributed by atoms with Gasteiger partial charge in [-0.1, -0.05) is 65.6 Å². The lowest BCUT2D eigenvalue weighted by atomic mass is 10.1. The third-order valence-electron chi connectivity index (χ3n) is 3.97. The van der Waals surface area contributed by atoms with E-state index in [1.807, 2.05) is 42.5 Å². The molecule has 7 nitrogen and oxygen atoms in total. The number of carbonyl (C=O) groups is 2. The minimum atomic E-state index is -1.12. The summed E-state index contributed by atoms with van der Waals surface area (Å²) in [5.41, 5.74) is 1.36. The largest absolute Gasteiger partial charge is 0.480 e. The quantitative estimate of drug-likeness (QED) is 0.536. The number of carboxylic acids is 1. The van der Waals surface area contributed by atoms with Gasteiger partial charge < -0.3 is 5.11 Å². The molecule has 0 radical (unpaired) electrons. The van der Waals surface area contributed by atoms with Crippen molar-refractivity contribution in [2.45, 2.75) is 0 Å². The Labute approximate surface area is 163 Å². The van der Waals surface area contributed by atoms with Gasteiger partial charge in [-0.3, -0.25) is 14.5 Å². The number of thioether (sulfide) groups is 1. The molecule has 1 saturated heterocycles. The minimum absolute atomic E-state index is 0.218. The number of nitrogens with zero attached hydrogens (tertiary/aromatic N) is 4. The molecule has 2 heterocycles. The number of carboxylic acid groups (broad SMARTS) is 1. The number of carbonyl (C=O) groups excluding carboxylic acids is 1. The minimum Gasteiger partial charge on any atom is -0.480 e. The summed E-state index contributed by atoms with van der Waals surface area (Å²) in [6.07, 6.45) is 3.28. The van der Waals surface area contributed by atoms with Crippen LogP contribution >= 0.6 is 24.0 Å². The lowest BCUT2D eigenvalue weighted by molar-refractivity contribution is -0.140. The molecule has 1 aliphatic heterocycles. The first kappa shape index (κ1) is 17.4. The maximum absolute atomic E-state index is 12.3. The van der Waals surface area contributed by atoms with E-state index in [2.05, 4.69) is 10.3 Å². The average Bonchev–Trinajstić information content (AvgIpc) is 3.21. The van der Waals surface area contributed by atoms with Crippen LogP contribution in [-0.2, 0) is 9.59 Å². The molecule has 4 rings (SSSR count). The Balaban J connectivity index is 1.65. The topological polar surface area (TPSA) is 88.3 Å². The van der Waals surface area contributed by atoms with Crippen molar-refractivity contribution in [2.24, 2.45) is 0 Å². The van der Waals surface area contributed by atoms with Crippen molar-refractivity contribution in [2.75, 3.05) is 6.54 Å². The number of amides is 1. The van der Waals surface area contributed by atoms with Gasteiger partial charge in [0.1, 0.15) is 16.6 Å². The van der Waals surface area contributed by atoms with Gasteiger partial charge in [-0.25, -0.2) is 4.68 Å². The zero-order chi connectivity index (χ0) is 19.0. The van der Waals surface area contributed by atoms with Crippen LogP contribution in [0.4, 0.5) is 0 Å². The molecule has 1 N–H and O–H groups in total. The molecule has 9 heteroatoms. The summed E-state index contributed by atoms with van der Waals surface area (Å²) in [4.78, 5) is 24.6. The smallest absolute Gasteiger partial charge is 0.323 e. The van der Waals surface area contributed by atoms with Crippen LogP contribution in [0.15, 0.2) is 53.6 Å². The molecule has 0 atom stereocenters. The highest BCUT2D eigenvalue weighted by molar-refractivity contribution is 8.26. The van der Waals surface area contributed by atoms with Gasteiger partial charge >= 0.3 is 5.97 Å². The molecule has 2 aromatic carbocycles. The number of hydrogen-bond donors (Lipinski definition) is 1. The van der Waals surface area contributed by atoms with Crippen LogP contribution < -0.4 is 0 Å². The highest BCUT2D eigenvalue weighted by Gasteiger charge is 2.33. The van der Waals surface area contributed by atoms with Crippen molar-refractivity contribution >= 4 is 57.0 Å². The Morgan fingerprint density at radius 2 is 2.00 bits per heavy atom. The summed E-state index contributed by atoms with van der Waals surface area (Å²) >= 11 is 6.14. The molecular formula is C18H12N4O3S2. The fraction of sp³-hybridized carbons (Fsp3) is 0.0556. The van der Waals surface area contributed by atoms with Crippen LogP contribution in [0.5, 0.6) is 0 Å². The SMILES string of the molecule is O=C(O)CN1C(=O)/C(=C/c2cn(-c3cccc4ccccc34)nn2)SC1=S. The van der Waals surface area contributed by atoms with E-state index in [0.717, 1.165) is 33.1 Å². The second kappa shape index (κ2) is 6.93. The fourth-order valence-corrected chi connectivity index (χ4v) is 4.01. The van der Waals surface area contributed by atoms with E-state index in [4.69, 9.17) is 17.3 Å². The Kier molecular flexibility index (Phi) is 4.46. The van der Waals surface area contributed by atoms with E-state index in [1.54, 1.807) is 17.0 Å². The van der Waals surface area contributed by atoms with Crippen LogP contribution in [0, 0.1) is 0 Å². The van der Waals surface area contributed by atoms with E-state index in [0.29, 0.717) is 10.6 Å². The first-order chi connectivity index (χ1) is 13.0. The monoisotopic (exact) mass is 396 g/mol. The molecule has 0 unspecified atom stereocenters. The number of rotatable bonds is 4. The van der Waals surface area contributed by atoms with Gasteiger partial charge in [-0.15, -0.1) is 5.10 Å². The second-order valence-corrected chi connectivity index (χ2v) is 7.42. The summed E-state index contributed by atoms with van der Waals surface area (Å²) in [6, 6.07) is 13.8. The molecule has 1 fully saturated rings.